The average Bonchev–Trinajstić information content (AvgIpc) is 3.64. The van der Waals surface area contributed by atoms with Crippen LogP contribution >= 0.6 is 0 Å². The van der Waals surface area contributed by atoms with Crippen molar-refractivity contribution >= 4 is 21.8 Å². The molecule has 44 heavy (non-hydrogen) atoms. The first-order valence-corrected chi connectivity index (χ1v) is 14.9. The molecule has 9 rings (SSSR count). The number of hydrogen-bond acceptors (Lipinski definition) is 3. The lowest BCUT2D eigenvalue weighted by Gasteiger charge is -2.11. The van der Waals surface area contributed by atoms with Gasteiger partial charge in [-0.25, -0.2) is 15.0 Å². The van der Waals surface area contributed by atoms with Gasteiger partial charge >= 0.3 is 0 Å². The molecule has 0 saturated heterocycles. The molecule has 2 aromatic heterocycles. The van der Waals surface area contributed by atoms with E-state index < -0.39 is 0 Å². The second kappa shape index (κ2) is 9.85. The summed E-state index contributed by atoms with van der Waals surface area (Å²) in [4.78, 5) is 15.0. The Balaban J connectivity index is 1.17. The predicted octanol–water partition coefficient (Wildman–Crippen LogP) is 9.54. The Morgan fingerprint density at radius 1 is 0.409 bits per heavy atom. The topological polar surface area (TPSA) is 43.6 Å². The molecule has 0 radical (unpaired) electrons. The smallest absolute Gasteiger partial charge is 0.164 e. The van der Waals surface area contributed by atoms with Crippen molar-refractivity contribution in [3.63, 3.8) is 0 Å². The van der Waals surface area contributed by atoms with Crippen LogP contribution in [0.4, 0.5) is 0 Å². The van der Waals surface area contributed by atoms with Crippen molar-refractivity contribution in [2.45, 2.75) is 6.42 Å². The number of rotatable bonds is 4. The van der Waals surface area contributed by atoms with Gasteiger partial charge in [0.15, 0.2) is 17.5 Å². The summed E-state index contributed by atoms with van der Waals surface area (Å²) < 4.78 is 2.32. The van der Waals surface area contributed by atoms with E-state index in [0.29, 0.717) is 17.5 Å². The highest BCUT2D eigenvalue weighted by molar-refractivity contribution is 6.09. The predicted molar refractivity (Wildman–Crippen MR) is 179 cm³/mol. The minimum atomic E-state index is 0.656. The van der Waals surface area contributed by atoms with Gasteiger partial charge in [-0.05, 0) is 71.1 Å². The highest BCUT2D eigenvalue weighted by Crippen LogP contribution is 2.39. The van der Waals surface area contributed by atoms with Crippen LogP contribution in [0.25, 0.3) is 72.8 Å². The van der Waals surface area contributed by atoms with E-state index in [2.05, 4.69) is 120 Å². The number of hydrogen-bond donors (Lipinski definition) is 0. The minimum Gasteiger partial charge on any atom is -0.309 e. The number of benzene rings is 6. The lowest BCUT2D eigenvalue weighted by atomic mass is 10.0. The van der Waals surface area contributed by atoms with Crippen LogP contribution in [-0.4, -0.2) is 19.5 Å². The van der Waals surface area contributed by atoms with Crippen LogP contribution in [0, 0.1) is 0 Å². The zero-order chi connectivity index (χ0) is 29.0. The molecule has 4 nitrogen and oxygen atoms in total. The van der Waals surface area contributed by atoms with Crippen molar-refractivity contribution in [2.24, 2.45) is 0 Å². The maximum atomic E-state index is 5.04. The first-order valence-electron chi connectivity index (χ1n) is 14.9. The molecule has 0 amide bonds. The Morgan fingerprint density at radius 2 is 0.932 bits per heavy atom. The molecular formula is C40H26N4. The molecule has 6 aromatic carbocycles. The highest BCUT2D eigenvalue weighted by Gasteiger charge is 2.20. The molecule has 4 heteroatoms. The molecule has 8 aromatic rings. The quantitative estimate of drug-likeness (QED) is 0.215. The molecule has 0 unspecified atom stereocenters. The van der Waals surface area contributed by atoms with Gasteiger partial charge < -0.3 is 4.57 Å². The second-order valence-corrected chi connectivity index (χ2v) is 11.3. The molecule has 0 fully saturated rings. The van der Waals surface area contributed by atoms with E-state index in [1.165, 1.54) is 44.1 Å². The molecule has 0 spiro atoms. The SMILES string of the molecule is c1ccc(-c2nc(-c3ccc(-n4c5ccccc5c5ccccc54)cc3)nc(-c3ccc4c(c3)-c3ccccc3C4)n2)cc1. The third kappa shape index (κ3) is 3.96. The Morgan fingerprint density at radius 3 is 1.64 bits per heavy atom. The lowest BCUT2D eigenvalue weighted by molar-refractivity contribution is 1.07. The normalized spacial score (nSPS) is 12.0. The molecule has 1 aliphatic carbocycles. The fourth-order valence-corrected chi connectivity index (χ4v) is 6.57. The van der Waals surface area contributed by atoms with Gasteiger partial charge in [0.25, 0.3) is 0 Å². The van der Waals surface area contributed by atoms with Crippen molar-refractivity contribution < 1.29 is 0 Å². The van der Waals surface area contributed by atoms with Crippen LogP contribution in [-0.2, 0) is 6.42 Å². The van der Waals surface area contributed by atoms with E-state index in [0.717, 1.165) is 28.8 Å². The van der Waals surface area contributed by atoms with Gasteiger partial charge in [0.05, 0.1) is 11.0 Å². The molecule has 0 saturated carbocycles. The average molecular weight is 563 g/mol. The van der Waals surface area contributed by atoms with E-state index in [1.54, 1.807) is 0 Å². The number of para-hydroxylation sites is 2. The first-order chi connectivity index (χ1) is 21.8. The molecule has 0 bridgehead atoms. The van der Waals surface area contributed by atoms with Crippen LogP contribution in [0.15, 0.2) is 146 Å². The fraction of sp³-hybridized carbons (Fsp3) is 0.0250. The van der Waals surface area contributed by atoms with Gasteiger partial charge in [-0.2, -0.15) is 0 Å². The standard InChI is InChI=1S/C40H26N4/c1-2-10-26(11-3-1)38-41-39(43-40(42-38)30-19-18-29-24-28-12-4-5-13-32(28)35(29)25-30)27-20-22-31(23-21-27)44-36-16-8-6-14-33(36)34-15-7-9-17-37(34)44/h1-23,25H,24H2. The summed E-state index contributed by atoms with van der Waals surface area (Å²) in [5, 5.41) is 2.50. The third-order valence-corrected chi connectivity index (χ3v) is 8.69. The zero-order valence-corrected chi connectivity index (χ0v) is 23.9. The lowest BCUT2D eigenvalue weighted by Crippen LogP contribution is -2.01. The molecule has 206 valence electrons. The monoisotopic (exact) mass is 562 g/mol. The third-order valence-electron chi connectivity index (χ3n) is 8.69. The van der Waals surface area contributed by atoms with Gasteiger partial charge in [0, 0.05) is 33.2 Å². The maximum Gasteiger partial charge on any atom is 0.164 e. The Labute approximate surface area is 255 Å². The minimum absolute atomic E-state index is 0.656. The van der Waals surface area contributed by atoms with Gasteiger partial charge in [0.2, 0.25) is 0 Å². The molecule has 0 atom stereocenters. The van der Waals surface area contributed by atoms with Crippen LogP contribution in [0.2, 0.25) is 0 Å². The highest BCUT2D eigenvalue weighted by atomic mass is 15.0. The second-order valence-electron chi connectivity index (χ2n) is 11.3. The fourth-order valence-electron chi connectivity index (χ4n) is 6.57. The maximum absolute atomic E-state index is 5.04. The van der Waals surface area contributed by atoms with Crippen molar-refractivity contribution in [3.8, 4) is 51.0 Å². The Kier molecular flexibility index (Phi) is 5.53. The number of aromatic nitrogens is 4. The van der Waals surface area contributed by atoms with Crippen molar-refractivity contribution in [1.29, 1.82) is 0 Å². The summed E-state index contributed by atoms with van der Waals surface area (Å²) in [6, 6.07) is 51.1. The number of nitrogens with zero attached hydrogens (tertiary/aromatic N) is 4. The summed E-state index contributed by atoms with van der Waals surface area (Å²) >= 11 is 0. The summed E-state index contributed by atoms with van der Waals surface area (Å²) in [6.45, 7) is 0. The Hall–Kier alpha value is -5.87. The molecule has 2 heterocycles. The summed E-state index contributed by atoms with van der Waals surface area (Å²) in [5.41, 5.74) is 11.6. The molecular weight excluding hydrogens is 536 g/mol. The van der Waals surface area contributed by atoms with E-state index in [1.807, 2.05) is 30.3 Å². The van der Waals surface area contributed by atoms with Crippen LogP contribution in [0.3, 0.4) is 0 Å². The number of fused-ring (bicyclic) bond motifs is 6. The van der Waals surface area contributed by atoms with Gasteiger partial charge in [-0.3, -0.25) is 0 Å². The summed E-state index contributed by atoms with van der Waals surface area (Å²) in [6.07, 6.45) is 0.960. The molecule has 1 aliphatic rings. The molecule has 0 N–H and O–H groups in total. The first kappa shape index (κ1) is 24.7. The van der Waals surface area contributed by atoms with Crippen LogP contribution in [0.1, 0.15) is 11.1 Å². The van der Waals surface area contributed by atoms with E-state index in [9.17, 15) is 0 Å². The van der Waals surface area contributed by atoms with Crippen LogP contribution < -0.4 is 0 Å². The molecule has 0 aliphatic heterocycles. The van der Waals surface area contributed by atoms with E-state index in [-0.39, 0.29) is 0 Å². The zero-order valence-electron chi connectivity index (χ0n) is 23.9. The van der Waals surface area contributed by atoms with E-state index >= 15 is 0 Å². The van der Waals surface area contributed by atoms with Gasteiger partial charge in [-0.15, -0.1) is 0 Å². The Bertz CT molecular complexity index is 2300. The van der Waals surface area contributed by atoms with Crippen molar-refractivity contribution in [1.82, 2.24) is 19.5 Å². The van der Waals surface area contributed by atoms with Gasteiger partial charge in [-0.1, -0.05) is 103 Å². The van der Waals surface area contributed by atoms with E-state index in [4.69, 9.17) is 15.0 Å². The van der Waals surface area contributed by atoms with Crippen molar-refractivity contribution in [2.75, 3.05) is 0 Å². The van der Waals surface area contributed by atoms with Gasteiger partial charge in [0.1, 0.15) is 0 Å². The summed E-state index contributed by atoms with van der Waals surface area (Å²) in [7, 11) is 0. The largest absolute Gasteiger partial charge is 0.309 e. The van der Waals surface area contributed by atoms with Crippen molar-refractivity contribution in [3.05, 3.63) is 157 Å². The van der Waals surface area contributed by atoms with Crippen LogP contribution in [0.5, 0.6) is 0 Å². The summed E-state index contributed by atoms with van der Waals surface area (Å²) in [5.74, 6) is 1.99.